The standard InChI is InChI=1S/C23H27N3O5/c1-17(24-22(29)31-15-18-9-5-3-6-10-18)20(27)25-23(13-14-30-16-23)21(28)26(2)19-11-7-4-8-12-19/h3-12,17H,13-16H2,1-2H3,(H,24,29)(H,25,27)/t17-,23+/m0/s1. The second-order valence-electron chi connectivity index (χ2n) is 7.50. The van der Waals surface area contributed by atoms with Crippen molar-refractivity contribution in [3.63, 3.8) is 0 Å². The fraction of sp³-hybridized carbons (Fsp3) is 0.348. The minimum absolute atomic E-state index is 0.0694. The molecule has 0 saturated carbocycles. The van der Waals surface area contributed by atoms with Crippen molar-refractivity contribution in [2.24, 2.45) is 0 Å². The number of nitrogens with zero attached hydrogens (tertiary/aromatic N) is 1. The molecule has 2 N–H and O–H groups in total. The Balaban J connectivity index is 1.59. The Morgan fingerprint density at radius 3 is 2.35 bits per heavy atom. The number of hydrogen-bond acceptors (Lipinski definition) is 5. The number of carbonyl (C=O) groups is 3. The van der Waals surface area contributed by atoms with Gasteiger partial charge in [0.15, 0.2) is 0 Å². The number of alkyl carbamates (subject to hydrolysis) is 1. The Labute approximate surface area is 181 Å². The monoisotopic (exact) mass is 425 g/mol. The molecule has 8 heteroatoms. The first kappa shape index (κ1) is 22.3. The molecule has 3 amide bonds. The highest BCUT2D eigenvalue weighted by atomic mass is 16.5. The zero-order valence-corrected chi connectivity index (χ0v) is 17.7. The first-order valence-electron chi connectivity index (χ1n) is 10.1. The third kappa shape index (κ3) is 5.61. The SMILES string of the molecule is C[C@H](NC(=O)OCc1ccccc1)C(=O)N[C@]1(C(=O)N(C)c2ccccc2)CCOC1. The van der Waals surface area contributed by atoms with Gasteiger partial charge in [0, 0.05) is 25.8 Å². The molecule has 0 aliphatic carbocycles. The van der Waals surface area contributed by atoms with E-state index in [2.05, 4.69) is 10.6 Å². The van der Waals surface area contributed by atoms with E-state index >= 15 is 0 Å². The summed E-state index contributed by atoms with van der Waals surface area (Å²) >= 11 is 0. The summed E-state index contributed by atoms with van der Waals surface area (Å²) in [5, 5.41) is 5.30. The number of rotatable bonds is 7. The normalized spacial score (nSPS) is 18.6. The molecule has 1 aliphatic heterocycles. The first-order chi connectivity index (χ1) is 14.9. The number of ether oxygens (including phenoxy) is 2. The van der Waals surface area contributed by atoms with Crippen LogP contribution in [-0.4, -0.2) is 49.7 Å². The van der Waals surface area contributed by atoms with E-state index in [4.69, 9.17) is 9.47 Å². The Hall–Kier alpha value is -3.39. The van der Waals surface area contributed by atoms with Crippen LogP contribution in [0.25, 0.3) is 0 Å². The zero-order valence-electron chi connectivity index (χ0n) is 17.7. The summed E-state index contributed by atoms with van der Waals surface area (Å²) in [6.07, 6.45) is -0.365. The summed E-state index contributed by atoms with van der Waals surface area (Å²) in [4.78, 5) is 39.6. The predicted molar refractivity (Wildman–Crippen MR) is 115 cm³/mol. The van der Waals surface area contributed by atoms with Gasteiger partial charge in [-0.15, -0.1) is 0 Å². The number of benzene rings is 2. The third-order valence-corrected chi connectivity index (χ3v) is 5.18. The lowest BCUT2D eigenvalue weighted by molar-refractivity contribution is -0.132. The molecule has 0 unspecified atom stereocenters. The number of hydrogen-bond donors (Lipinski definition) is 2. The Morgan fingerprint density at radius 2 is 1.74 bits per heavy atom. The van der Waals surface area contributed by atoms with Gasteiger partial charge in [-0.05, 0) is 24.6 Å². The summed E-state index contributed by atoms with van der Waals surface area (Å²) in [7, 11) is 1.66. The van der Waals surface area contributed by atoms with Gasteiger partial charge < -0.3 is 25.0 Å². The largest absolute Gasteiger partial charge is 0.445 e. The molecular weight excluding hydrogens is 398 g/mol. The maximum absolute atomic E-state index is 13.2. The van der Waals surface area contributed by atoms with Crippen molar-refractivity contribution in [1.82, 2.24) is 10.6 Å². The number of para-hydroxylation sites is 1. The molecule has 2 atom stereocenters. The molecule has 31 heavy (non-hydrogen) atoms. The second kappa shape index (κ2) is 10.1. The van der Waals surface area contributed by atoms with Crippen molar-refractivity contribution >= 4 is 23.6 Å². The van der Waals surface area contributed by atoms with Gasteiger partial charge in [0.1, 0.15) is 18.2 Å². The van der Waals surface area contributed by atoms with Gasteiger partial charge in [-0.25, -0.2) is 4.79 Å². The minimum Gasteiger partial charge on any atom is -0.445 e. The molecular formula is C23H27N3O5. The molecule has 2 aromatic rings. The van der Waals surface area contributed by atoms with E-state index in [0.717, 1.165) is 5.56 Å². The van der Waals surface area contributed by atoms with Gasteiger partial charge in [-0.2, -0.15) is 0 Å². The molecule has 1 heterocycles. The summed E-state index contributed by atoms with van der Waals surface area (Å²) in [6.45, 7) is 2.06. The van der Waals surface area contributed by atoms with Gasteiger partial charge in [0.25, 0.3) is 5.91 Å². The molecule has 164 valence electrons. The van der Waals surface area contributed by atoms with Crippen LogP contribution in [0.2, 0.25) is 0 Å². The highest BCUT2D eigenvalue weighted by Gasteiger charge is 2.46. The molecule has 0 radical (unpaired) electrons. The molecule has 1 fully saturated rings. The van der Waals surface area contributed by atoms with Crippen LogP contribution in [0.1, 0.15) is 18.9 Å². The van der Waals surface area contributed by atoms with Gasteiger partial charge in [-0.1, -0.05) is 48.5 Å². The van der Waals surface area contributed by atoms with Crippen molar-refractivity contribution in [3.8, 4) is 0 Å². The first-order valence-corrected chi connectivity index (χ1v) is 10.1. The van der Waals surface area contributed by atoms with Crippen LogP contribution in [0.4, 0.5) is 10.5 Å². The fourth-order valence-corrected chi connectivity index (χ4v) is 3.33. The van der Waals surface area contributed by atoms with Crippen LogP contribution in [0.15, 0.2) is 60.7 Å². The van der Waals surface area contributed by atoms with E-state index < -0.39 is 23.6 Å². The Kier molecular flexibility index (Phi) is 7.25. The van der Waals surface area contributed by atoms with Crippen LogP contribution in [-0.2, 0) is 25.7 Å². The highest BCUT2D eigenvalue weighted by Crippen LogP contribution is 2.24. The van der Waals surface area contributed by atoms with Gasteiger partial charge in [0.05, 0.1) is 6.61 Å². The van der Waals surface area contributed by atoms with E-state index in [1.807, 2.05) is 60.7 Å². The quantitative estimate of drug-likeness (QED) is 0.709. The number of nitrogens with one attached hydrogen (secondary N) is 2. The summed E-state index contributed by atoms with van der Waals surface area (Å²) in [6, 6.07) is 17.5. The molecule has 1 aliphatic rings. The minimum atomic E-state index is -1.19. The van der Waals surface area contributed by atoms with Gasteiger partial charge in [0.2, 0.25) is 5.91 Å². The topological polar surface area (TPSA) is 97.0 Å². The average Bonchev–Trinajstić information content (AvgIpc) is 3.27. The van der Waals surface area contributed by atoms with Crippen molar-refractivity contribution in [2.75, 3.05) is 25.2 Å². The Morgan fingerprint density at radius 1 is 1.10 bits per heavy atom. The molecule has 2 aromatic carbocycles. The summed E-state index contributed by atoms with van der Waals surface area (Å²) < 4.78 is 10.6. The lowest BCUT2D eigenvalue weighted by Crippen LogP contribution is -2.62. The van der Waals surface area contributed by atoms with Gasteiger partial charge >= 0.3 is 6.09 Å². The molecule has 0 aromatic heterocycles. The summed E-state index contributed by atoms with van der Waals surface area (Å²) in [5.41, 5.74) is 0.362. The van der Waals surface area contributed by atoms with E-state index in [-0.39, 0.29) is 19.1 Å². The van der Waals surface area contributed by atoms with E-state index in [0.29, 0.717) is 18.7 Å². The number of likely N-dealkylation sites (N-methyl/N-ethyl adjacent to an activating group) is 1. The molecule has 1 saturated heterocycles. The smallest absolute Gasteiger partial charge is 0.408 e. The molecule has 3 rings (SSSR count). The second-order valence-corrected chi connectivity index (χ2v) is 7.50. The molecule has 0 bridgehead atoms. The molecule has 0 spiro atoms. The maximum atomic E-state index is 13.2. The van der Waals surface area contributed by atoms with Crippen LogP contribution < -0.4 is 15.5 Å². The third-order valence-electron chi connectivity index (χ3n) is 5.18. The van der Waals surface area contributed by atoms with E-state index in [9.17, 15) is 14.4 Å². The van der Waals surface area contributed by atoms with Crippen molar-refractivity contribution in [1.29, 1.82) is 0 Å². The van der Waals surface area contributed by atoms with E-state index in [1.54, 1.807) is 7.05 Å². The highest BCUT2D eigenvalue weighted by molar-refractivity contribution is 6.03. The van der Waals surface area contributed by atoms with Crippen molar-refractivity contribution < 1.29 is 23.9 Å². The lowest BCUT2D eigenvalue weighted by atomic mass is 9.95. The lowest BCUT2D eigenvalue weighted by Gasteiger charge is -2.33. The predicted octanol–water partition coefficient (Wildman–Crippen LogP) is 2.24. The van der Waals surface area contributed by atoms with Crippen molar-refractivity contribution in [2.45, 2.75) is 31.5 Å². The number of amides is 3. The fourth-order valence-electron chi connectivity index (χ4n) is 3.33. The maximum Gasteiger partial charge on any atom is 0.408 e. The average molecular weight is 425 g/mol. The van der Waals surface area contributed by atoms with Gasteiger partial charge in [-0.3, -0.25) is 9.59 Å². The molecule has 8 nitrogen and oxygen atoms in total. The number of anilines is 1. The van der Waals surface area contributed by atoms with E-state index in [1.165, 1.54) is 11.8 Å². The van der Waals surface area contributed by atoms with Crippen LogP contribution in [0.5, 0.6) is 0 Å². The van der Waals surface area contributed by atoms with Crippen molar-refractivity contribution in [3.05, 3.63) is 66.2 Å². The number of carbonyl (C=O) groups excluding carboxylic acids is 3. The van der Waals surface area contributed by atoms with Crippen LogP contribution in [0, 0.1) is 0 Å². The van der Waals surface area contributed by atoms with Crippen LogP contribution in [0.3, 0.4) is 0 Å². The Bertz CT molecular complexity index is 898. The summed E-state index contributed by atoms with van der Waals surface area (Å²) in [5.74, 6) is -0.764. The van der Waals surface area contributed by atoms with Crippen LogP contribution >= 0.6 is 0 Å². The zero-order chi connectivity index (χ0) is 22.3.